The van der Waals surface area contributed by atoms with Crippen LogP contribution in [0.1, 0.15) is 12.5 Å². The zero-order chi connectivity index (χ0) is 12.8. The number of hydrogen-bond acceptors (Lipinski definition) is 4. The number of hydrogen-bond donors (Lipinski definition) is 0. The summed E-state index contributed by atoms with van der Waals surface area (Å²) in [4.78, 5) is 2.12. The number of aryl methyl sites for hydroxylation is 1. The Morgan fingerprint density at radius 3 is 2.65 bits per heavy atom. The van der Waals surface area contributed by atoms with Gasteiger partial charge in [0.1, 0.15) is 0 Å². The molecule has 1 aliphatic rings. The van der Waals surface area contributed by atoms with Crippen molar-refractivity contribution >= 4 is 15.5 Å². The Kier molecular flexibility index (Phi) is 2.63. The number of nitriles is 1. The lowest BCUT2D eigenvalue weighted by Gasteiger charge is -2.36. The lowest BCUT2D eigenvalue weighted by Crippen LogP contribution is -2.47. The maximum absolute atomic E-state index is 12.3. The van der Waals surface area contributed by atoms with Gasteiger partial charge in [-0.25, -0.2) is 8.42 Å². The van der Waals surface area contributed by atoms with Crippen LogP contribution < -0.4 is 4.90 Å². The van der Waals surface area contributed by atoms with Gasteiger partial charge in [0.25, 0.3) is 0 Å². The quantitative estimate of drug-likeness (QED) is 0.700. The molecular formula is C12H14N2O2S. The molecule has 0 aromatic heterocycles. The zero-order valence-corrected chi connectivity index (χ0v) is 10.8. The summed E-state index contributed by atoms with van der Waals surface area (Å²) in [6, 6.07) is 6.89. The Morgan fingerprint density at radius 2 is 2.06 bits per heavy atom. The van der Waals surface area contributed by atoms with Crippen LogP contribution in [0.15, 0.2) is 23.1 Å². The van der Waals surface area contributed by atoms with Crippen LogP contribution >= 0.6 is 0 Å². The normalized spacial score (nSPS) is 26.1. The monoisotopic (exact) mass is 250 g/mol. The molecular weight excluding hydrogens is 236 g/mol. The minimum atomic E-state index is -3.54. The minimum Gasteiger partial charge on any atom is -0.368 e. The Balaban J connectivity index is 2.77. The smallest absolute Gasteiger partial charge is 0.198 e. The van der Waals surface area contributed by atoms with Gasteiger partial charge < -0.3 is 4.90 Å². The van der Waals surface area contributed by atoms with Crippen LogP contribution in [0.5, 0.6) is 0 Å². The van der Waals surface area contributed by atoms with Crippen LogP contribution in [0.3, 0.4) is 0 Å². The summed E-state index contributed by atoms with van der Waals surface area (Å²) < 4.78 is 24.6. The van der Waals surface area contributed by atoms with Crippen molar-refractivity contribution in [2.45, 2.75) is 30.0 Å². The van der Waals surface area contributed by atoms with Crippen molar-refractivity contribution in [1.29, 1.82) is 5.26 Å². The third-order valence-corrected chi connectivity index (χ3v) is 5.42. The van der Waals surface area contributed by atoms with Crippen LogP contribution in [0, 0.1) is 18.3 Å². The molecule has 90 valence electrons. The first-order valence-electron chi connectivity index (χ1n) is 5.36. The standard InChI is InChI=1S/C12H14N2O2S/c1-8-4-5-10-11(6-8)17(15,16)12(7-13)9(2)14(10)3/h4-6,9,12H,1-3H3. The molecule has 0 radical (unpaired) electrons. The predicted octanol–water partition coefficient (Wildman–Crippen LogP) is 1.50. The minimum absolute atomic E-state index is 0.268. The Hall–Kier alpha value is -1.54. The highest BCUT2D eigenvalue weighted by Crippen LogP contribution is 2.36. The van der Waals surface area contributed by atoms with Gasteiger partial charge in [0.05, 0.1) is 22.7 Å². The number of nitrogens with zero attached hydrogens (tertiary/aromatic N) is 2. The second-order valence-electron chi connectivity index (χ2n) is 4.42. The first-order valence-corrected chi connectivity index (χ1v) is 6.91. The SMILES string of the molecule is Cc1ccc2c(c1)S(=O)(=O)C(C#N)C(C)N2C. The van der Waals surface area contributed by atoms with Crippen molar-refractivity contribution < 1.29 is 8.42 Å². The largest absolute Gasteiger partial charge is 0.368 e. The molecule has 4 nitrogen and oxygen atoms in total. The van der Waals surface area contributed by atoms with E-state index >= 15 is 0 Å². The average Bonchev–Trinajstić information content (AvgIpc) is 2.27. The first-order chi connectivity index (χ1) is 7.89. The number of rotatable bonds is 0. The fraction of sp³-hybridized carbons (Fsp3) is 0.417. The van der Waals surface area contributed by atoms with E-state index in [1.54, 1.807) is 19.1 Å². The topological polar surface area (TPSA) is 61.2 Å². The highest BCUT2D eigenvalue weighted by molar-refractivity contribution is 7.92. The second kappa shape index (κ2) is 3.74. The molecule has 1 aliphatic heterocycles. The third kappa shape index (κ3) is 1.60. The van der Waals surface area contributed by atoms with Crippen LogP contribution in [-0.2, 0) is 9.84 Å². The lowest BCUT2D eigenvalue weighted by atomic mass is 10.1. The maximum atomic E-state index is 12.3. The van der Waals surface area contributed by atoms with E-state index in [1.807, 2.05) is 31.0 Å². The van der Waals surface area contributed by atoms with E-state index in [2.05, 4.69) is 0 Å². The van der Waals surface area contributed by atoms with E-state index < -0.39 is 15.1 Å². The zero-order valence-electron chi connectivity index (χ0n) is 10.0. The van der Waals surface area contributed by atoms with E-state index in [0.717, 1.165) is 5.56 Å². The molecule has 0 saturated heterocycles. The molecule has 1 heterocycles. The van der Waals surface area contributed by atoms with E-state index in [-0.39, 0.29) is 10.9 Å². The van der Waals surface area contributed by atoms with Crippen molar-refractivity contribution in [3.8, 4) is 6.07 Å². The Labute approximate surface area is 101 Å². The van der Waals surface area contributed by atoms with E-state index in [1.165, 1.54) is 0 Å². The molecule has 0 fully saturated rings. The van der Waals surface area contributed by atoms with Gasteiger partial charge in [-0.15, -0.1) is 0 Å². The molecule has 0 spiro atoms. The highest BCUT2D eigenvalue weighted by atomic mass is 32.2. The van der Waals surface area contributed by atoms with Gasteiger partial charge in [0, 0.05) is 7.05 Å². The van der Waals surface area contributed by atoms with Gasteiger partial charge in [-0.1, -0.05) is 6.07 Å². The molecule has 1 aromatic carbocycles. The van der Waals surface area contributed by atoms with Gasteiger partial charge in [-0.2, -0.15) is 5.26 Å². The summed E-state index contributed by atoms with van der Waals surface area (Å²) in [5.41, 5.74) is 1.56. The fourth-order valence-corrected chi connectivity index (χ4v) is 4.10. The molecule has 1 aromatic rings. The lowest BCUT2D eigenvalue weighted by molar-refractivity contribution is 0.563. The molecule has 2 rings (SSSR count). The summed E-state index contributed by atoms with van der Waals surface area (Å²) in [5.74, 6) is 0. The van der Waals surface area contributed by atoms with Crippen molar-refractivity contribution in [2.75, 3.05) is 11.9 Å². The summed E-state index contributed by atoms with van der Waals surface area (Å²) in [5, 5.41) is 8.06. The van der Waals surface area contributed by atoms with Crippen molar-refractivity contribution in [2.24, 2.45) is 0 Å². The van der Waals surface area contributed by atoms with Crippen LogP contribution in [0.4, 0.5) is 5.69 Å². The fourth-order valence-electron chi connectivity index (χ4n) is 2.14. The number of sulfone groups is 1. The highest BCUT2D eigenvalue weighted by Gasteiger charge is 2.41. The molecule has 0 amide bonds. The van der Waals surface area contributed by atoms with Crippen molar-refractivity contribution in [3.05, 3.63) is 23.8 Å². The second-order valence-corrected chi connectivity index (χ2v) is 6.46. The number of fused-ring (bicyclic) bond motifs is 1. The summed E-state index contributed by atoms with van der Waals surface area (Å²) >= 11 is 0. The first kappa shape index (κ1) is 11.9. The van der Waals surface area contributed by atoms with Crippen LogP contribution in [0.2, 0.25) is 0 Å². The van der Waals surface area contributed by atoms with Gasteiger partial charge in [-0.05, 0) is 31.5 Å². The number of benzene rings is 1. The molecule has 5 heteroatoms. The summed E-state index contributed by atoms with van der Waals surface area (Å²) in [6.45, 7) is 3.60. The van der Waals surface area contributed by atoms with Crippen molar-refractivity contribution in [1.82, 2.24) is 0 Å². The van der Waals surface area contributed by atoms with Gasteiger partial charge in [0.15, 0.2) is 15.1 Å². The Morgan fingerprint density at radius 1 is 1.41 bits per heavy atom. The van der Waals surface area contributed by atoms with Crippen molar-refractivity contribution in [3.63, 3.8) is 0 Å². The molecule has 0 N–H and O–H groups in total. The molecule has 0 bridgehead atoms. The van der Waals surface area contributed by atoms with E-state index in [9.17, 15) is 8.42 Å². The van der Waals surface area contributed by atoms with Gasteiger partial charge in [-0.3, -0.25) is 0 Å². The molecule has 17 heavy (non-hydrogen) atoms. The summed E-state index contributed by atoms with van der Waals surface area (Å²) in [6.07, 6.45) is 0. The molecule has 0 saturated carbocycles. The van der Waals surface area contributed by atoms with Crippen LogP contribution in [0.25, 0.3) is 0 Å². The van der Waals surface area contributed by atoms with Crippen LogP contribution in [-0.4, -0.2) is 26.8 Å². The molecule has 2 unspecified atom stereocenters. The van der Waals surface area contributed by atoms with E-state index in [0.29, 0.717) is 5.69 Å². The predicted molar refractivity (Wildman–Crippen MR) is 65.6 cm³/mol. The Bertz CT molecular complexity index is 601. The van der Waals surface area contributed by atoms with E-state index in [4.69, 9.17) is 5.26 Å². The summed E-state index contributed by atoms with van der Waals surface area (Å²) in [7, 11) is -1.72. The molecule has 0 aliphatic carbocycles. The number of anilines is 1. The average molecular weight is 250 g/mol. The molecule has 2 atom stereocenters. The van der Waals surface area contributed by atoms with Gasteiger partial charge in [0.2, 0.25) is 0 Å². The third-order valence-electron chi connectivity index (χ3n) is 3.31. The maximum Gasteiger partial charge on any atom is 0.198 e. The van der Waals surface area contributed by atoms with Gasteiger partial charge >= 0.3 is 0 Å².